The Morgan fingerprint density at radius 3 is 2.80 bits per heavy atom. The van der Waals surface area contributed by atoms with Crippen molar-refractivity contribution in [2.24, 2.45) is 0 Å². The van der Waals surface area contributed by atoms with Gasteiger partial charge in [0.2, 0.25) is 0 Å². The highest BCUT2D eigenvalue weighted by Gasteiger charge is 2.06. The molecule has 0 aliphatic carbocycles. The average molecular weight is 302 g/mol. The van der Waals surface area contributed by atoms with Crippen molar-refractivity contribution in [3.63, 3.8) is 0 Å². The van der Waals surface area contributed by atoms with Gasteiger partial charge in [-0.2, -0.15) is 0 Å². The molecule has 0 amide bonds. The quantitative estimate of drug-likeness (QED) is 0.772. The topological polar surface area (TPSA) is 37.8 Å². The standard InChI is InChI=1S/C15H12ClN3S/c16-13-6-2-1-5-12(13)15-17-8-7-14(19-15)18-10-11-4-3-9-20-11/h1-9H,10H2,(H,17,18,19). The molecule has 5 heteroatoms. The lowest BCUT2D eigenvalue weighted by Crippen LogP contribution is -2.01. The molecule has 100 valence electrons. The lowest BCUT2D eigenvalue weighted by molar-refractivity contribution is 1.10. The molecule has 0 fully saturated rings. The number of hydrogen-bond acceptors (Lipinski definition) is 4. The third kappa shape index (κ3) is 2.98. The van der Waals surface area contributed by atoms with Gasteiger partial charge in [0.1, 0.15) is 5.82 Å². The Kier molecular flexibility index (Phi) is 3.95. The summed E-state index contributed by atoms with van der Waals surface area (Å²) in [7, 11) is 0. The number of anilines is 1. The van der Waals surface area contributed by atoms with Crippen LogP contribution in [-0.4, -0.2) is 9.97 Å². The molecule has 0 unspecified atom stereocenters. The summed E-state index contributed by atoms with van der Waals surface area (Å²) in [5.41, 5.74) is 0.842. The van der Waals surface area contributed by atoms with Gasteiger partial charge in [-0.15, -0.1) is 11.3 Å². The number of nitrogens with one attached hydrogen (secondary N) is 1. The molecule has 0 radical (unpaired) electrons. The van der Waals surface area contributed by atoms with Crippen LogP contribution in [0.2, 0.25) is 5.02 Å². The first-order chi connectivity index (χ1) is 9.83. The fourth-order valence-corrected chi connectivity index (χ4v) is 2.69. The van der Waals surface area contributed by atoms with Crippen LogP contribution in [0, 0.1) is 0 Å². The van der Waals surface area contributed by atoms with E-state index in [1.54, 1.807) is 17.5 Å². The van der Waals surface area contributed by atoms with E-state index in [2.05, 4.69) is 26.7 Å². The second kappa shape index (κ2) is 6.03. The summed E-state index contributed by atoms with van der Waals surface area (Å²) < 4.78 is 0. The number of rotatable bonds is 4. The van der Waals surface area contributed by atoms with E-state index in [4.69, 9.17) is 11.6 Å². The molecular weight excluding hydrogens is 290 g/mol. The molecule has 3 nitrogen and oxygen atoms in total. The normalized spacial score (nSPS) is 10.4. The second-order valence-electron chi connectivity index (χ2n) is 4.18. The minimum Gasteiger partial charge on any atom is -0.365 e. The van der Waals surface area contributed by atoms with Crippen LogP contribution in [0.4, 0.5) is 5.82 Å². The molecule has 0 bridgehead atoms. The van der Waals surface area contributed by atoms with Crippen molar-refractivity contribution in [3.8, 4) is 11.4 Å². The molecule has 3 aromatic rings. The van der Waals surface area contributed by atoms with E-state index >= 15 is 0 Å². The first kappa shape index (κ1) is 13.1. The molecule has 0 aliphatic heterocycles. The monoisotopic (exact) mass is 301 g/mol. The maximum Gasteiger partial charge on any atom is 0.162 e. The zero-order chi connectivity index (χ0) is 13.8. The van der Waals surface area contributed by atoms with Crippen molar-refractivity contribution in [1.82, 2.24) is 9.97 Å². The maximum absolute atomic E-state index is 6.17. The Balaban J connectivity index is 1.81. The minimum atomic E-state index is 0.631. The SMILES string of the molecule is Clc1ccccc1-c1nccc(NCc2cccs2)n1. The summed E-state index contributed by atoms with van der Waals surface area (Å²) in [6, 6.07) is 13.6. The number of aromatic nitrogens is 2. The minimum absolute atomic E-state index is 0.631. The van der Waals surface area contributed by atoms with Crippen LogP contribution < -0.4 is 5.32 Å². The Labute approximate surface area is 126 Å². The van der Waals surface area contributed by atoms with Crippen LogP contribution in [0.1, 0.15) is 4.88 Å². The Bertz CT molecular complexity index is 698. The Hall–Kier alpha value is -1.91. The van der Waals surface area contributed by atoms with Crippen molar-refractivity contribution in [2.45, 2.75) is 6.54 Å². The zero-order valence-corrected chi connectivity index (χ0v) is 12.2. The van der Waals surface area contributed by atoms with Crippen LogP contribution in [0.5, 0.6) is 0 Å². The molecule has 1 N–H and O–H groups in total. The smallest absolute Gasteiger partial charge is 0.162 e. The van der Waals surface area contributed by atoms with Crippen molar-refractivity contribution in [3.05, 3.63) is 63.9 Å². The third-order valence-corrected chi connectivity index (χ3v) is 4.00. The van der Waals surface area contributed by atoms with E-state index in [1.165, 1.54) is 4.88 Å². The van der Waals surface area contributed by atoms with Gasteiger partial charge >= 0.3 is 0 Å². The van der Waals surface area contributed by atoms with Gasteiger partial charge in [-0.05, 0) is 29.6 Å². The van der Waals surface area contributed by atoms with Crippen LogP contribution in [0.25, 0.3) is 11.4 Å². The number of thiophene rings is 1. The van der Waals surface area contributed by atoms with Crippen molar-refractivity contribution >= 4 is 28.8 Å². The van der Waals surface area contributed by atoms with Crippen LogP contribution in [0.15, 0.2) is 54.0 Å². The van der Waals surface area contributed by atoms with E-state index in [-0.39, 0.29) is 0 Å². The first-order valence-electron chi connectivity index (χ1n) is 6.17. The van der Waals surface area contributed by atoms with E-state index in [1.807, 2.05) is 36.4 Å². The van der Waals surface area contributed by atoms with Crippen LogP contribution in [0.3, 0.4) is 0 Å². The number of hydrogen-bond donors (Lipinski definition) is 1. The first-order valence-corrected chi connectivity index (χ1v) is 7.43. The largest absolute Gasteiger partial charge is 0.365 e. The van der Waals surface area contributed by atoms with Gasteiger partial charge in [0, 0.05) is 16.6 Å². The lowest BCUT2D eigenvalue weighted by atomic mass is 10.2. The van der Waals surface area contributed by atoms with Crippen molar-refractivity contribution in [1.29, 1.82) is 0 Å². The fourth-order valence-electron chi connectivity index (χ4n) is 1.82. The molecule has 0 aliphatic rings. The van der Waals surface area contributed by atoms with Gasteiger partial charge < -0.3 is 5.32 Å². The summed E-state index contributed by atoms with van der Waals surface area (Å²) in [6.45, 7) is 0.761. The van der Waals surface area contributed by atoms with Gasteiger partial charge in [-0.25, -0.2) is 9.97 Å². The molecule has 3 rings (SSSR count). The molecule has 2 aromatic heterocycles. The maximum atomic E-state index is 6.17. The Morgan fingerprint density at radius 2 is 2.00 bits per heavy atom. The van der Waals surface area contributed by atoms with Crippen LogP contribution >= 0.6 is 22.9 Å². The van der Waals surface area contributed by atoms with Crippen molar-refractivity contribution in [2.75, 3.05) is 5.32 Å². The third-order valence-electron chi connectivity index (χ3n) is 2.79. The van der Waals surface area contributed by atoms with Gasteiger partial charge in [0.15, 0.2) is 5.82 Å². The predicted molar refractivity (Wildman–Crippen MR) is 84.1 cm³/mol. The summed E-state index contributed by atoms with van der Waals surface area (Å²) in [4.78, 5) is 10.1. The summed E-state index contributed by atoms with van der Waals surface area (Å²) in [5, 5.41) is 6.01. The molecule has 0 saturated carbocycles. The van der Waals surface area contributed by atoms with Crippen LogP contribution in [-0.2, 0) is 6.54 Å². The molecule has 1 aromatic carbocycles. The summed E-state index contributed by atoms with van der Waals surface area (Å²) in [5.74, 6) is 1.43. The molecular formula is C15H12ClN3S. The predicted octanol–water partition coefficient (Wildman–Crippen LogP) is 4.47. The van der Waals surface area contributed by atoms with E-state index in [0.717, 1.165) is 17.9 Å². The fraction of sp³-hybridized carbons (Fsp3) is 0.0667. The number of halogens is 1. The van der Waals surface area contributed by atoms with E-state index in [9.17, 15) is 0 Å². The van der Waals surface area contributed by atoms with E-state index < -0.39 is 0 Å². The lowest BCUT2D eigenvalue weighted by Gasteiger charge is -2.07. The summed E-state index contributed by atoms with van der Waals surface area (Å²) in [6.07, 6.45) is 1.74. The number of benzene rings is 1. The highest BCUT2D eigenvalue weighted by molar-refractivity contribution is 7.09. The molecule has 2 heterocycles. The average Bonchev–Trinajstić information content (AvgIpc) is 2.99. The van der Waals surface area contributed by atoms with Gasteiger partial charge in [-0.3, -0.25) is 0 Å². The van der Waals surface area contributed by atoms with Crippen molar-refractivity contribution < 1.29 is 0 Å². The highest BCUT2D eigenvalue weighted by Crippen LogP contribution is 2.25. The highest BCUT2D eigenvalue weighted by atomic mass is 35.5. The molecule has 0 atom stereocenters. The Morgan fingerprint density at radius 1 is 1.10 bits per heavy atom. The van der Waals surface area contributed by atoms with E-state index in [0.29, 0.717) is 10.8 Å². The number of nitrogens with zero attached hydrogens (tertiary/aromatic N) is 2. The molecule has 0 spiro atoms. The van der Waals surface area contributed by atoms with Gasteiger partial charge in [-0.1, -0.05) is 29.8 Å². The van der Waals surface area contributed by atoms with Gasteiger partial charge in [0.25, 0.3) is 0 Å². The second-order valence-corrected chi connectivity index (χ2v) is 5.62. The zero-order valence-electron chi connectivity index (χ0n) is 10.6. The molecule has 0 saturated heterocycles. The summed E-state index contributed by atoms with van der Waals surface area (Å²) >= 11 is 7.89. The molecule has 20 heavy (non-hydrogen) atoms. The van der Waals surface area contributed by atoms with Gasteiger partial charge in [0.05, 0.1) is 11.6 Å².